The molecule has 1 amide bonds. The molecule has 0 radical (unpaired) electrons. The van der Waals surface area contributed by atoms with E-state index in [1.54, 1.807) is 5.32 Å². The monoisotopic (exact) mass is 488 g/mol. The van der Waals surface area contributed by atoms with Gasteiger partial charge in [0.15, 0.2) is 0 Å². The Morgan fingerprint density at radius 1 is 0.939 bits per heavy atom. The highest BCUT2D eigenvalue weighted by atomic mass is 19.4. The van der Waals surface area contributed by atoms with Gasteiger partial charge in [-0.05, 0) is 32.4 Å². The Morgan fingerprint density at radius 3 is 1.85 bits per heavy atom. The first-order valence-electron chi connectivity index (χ1n) is 9.36. The summed E-state index contributed by atoms with van der Waals surface area (Å²) in [6.07, 6.45) is -11.0. The van der Waals surface area contributed by atoms with Crippen LogP contribution in [0.15, 0.2) is 18.2 Å². The molecule has 3 N–H and O–H groups in total. The molecule has 1 aromatic rings. The Bertz CT molecular complexity index is 904. The zero-order valence-corrected chi connectivity index (χ0v) is 17.9. The van der Waals surface area contributed by atoms with Crippen LogP contribution in [0.5, 0.6) is 0 Å². The predicted octanol–water partition coefficient (Wildman–Crippen LogP) is 2.68. The van der Waals surface area contributed by atoms with Crippen LogP contribution >= 0.6 is 0 Å². The number of aliphatic hydroxyl groups is 1. The Kier molecular flexibility index (Phi) is 8.36. The van der Waals surface area contributed by atoms with Gasteiger partial charge < -0.3 is 25.2 Å². The molecule has 14 heteroatoms. The van der Waals surface area contributed by atoms with Crippen molar-refractivity contribution < 1.29 is 55.3 Å². The zero-order valence-electron chi connectivity index (χ0n) is 17.9. The molecule has 0 saturated carbocycles. The highest BCUT2D eigenvalue weighted by Gasteiger charge is 2.64. The van der Waals surface area contributed by atoms with Gasteiger partial charge in [0.2, 0.25) is 5.91 Å². The van der Waals surface area contributed by atoms with Crippen molar-refractivity contribution in [1.82, 2.24) is 5.32 Å². The first-order valence-corrected chi connectivity index (χ1v) is 9.36. The average molecular weight is 488 g/mol. The van der Waals surface area contributed by atoms with Crippen LogP contribution in [0.2, 0.25) is 0 Å². The molecular formula is C19H22F6N2O6. The Balaban J connectivity index is 3.63. The Hall–Kier alpha value is -3.03. The summed E-state index contributed by atoms with van der Waals surface area (Å²) in [5, 5.41) is 13.4. The van der Waals surface area contributed by atoms with E-state index in [2.05, 4.69) is 9.47 Å². The van der Waals surface area contributed by atoms with Crippen molar-refractivity contribution in [3.63, 3.8) is 0 Å². The van der Waals surface area contributed by atoms with Gasteiger partial charge in [0.05, 0.1) is 13.2 Å². The number of aryl methyl sites for hydroxylation is 1. The molecular weight excluding hydrogens is 466 g/mol. The van der Waals surface area contributed by atoms with Crippen LogP contribution in [-0.2, 0) is 29.5 Å². The minimum absolute atomic E-state index is 0.345. The van der Waals surface area contributed by atoms with Crippen LogP contribution in [0.25, 0.3) is 0 Å². The molecule has 33 heavy (non-hydrogen) atoms. The van der Waals surface area contributed by atoms with Gasteiger partial charge in [0.1, 0.15) is 0 Å². The fourth-order valence-electron chi connectivity index (χ4n) is 2.76. The summed E-state index contributed by atoms with van der Waals surface area (Å²) in [7, 11) is 0. The van der Waals surface area contributed by atoms with Crippen LogP contribution < -0.4 is 10.6 Å². The minimum Gasteiger partial charge on any atom is -0.463 e. The molecule has 1 aromatic carbocycles. The molecule has 0 bridgehead atoms. The van der Waals surface area contributed by atoms with E-state index in [0.29, 0.717) is 25.1 Å². The van der Waals surface area contributed by atoms with Crippen LogP contribution in [0.3, 0.4) is 0 Å². The first-order chi connectivity index (χ1) is 15.0. The molecule has 8 nitrogen and oxygen atoms in total. The van der Waals surface area contributed by atoms with Gasteiger partial charge in [-0.3, -0.25) is 4.79 Å². The molecule has 0 fully saturated rings. The summed E-state index contributed by atoms with van der Waals surface area (Å²) in [4.78, 5) is 35.6. The average Bonchev–Trinajstić information content (AvgIpc) is 2.66. The number of esters is 2. The maximum atomic E-state index is 13.9. The summed E-state index contributed by atoms with van der Waals surface area (Å²) in [6, 6.07) is 1.79. The van der Waals surface area contributed by atoms with Crippen molar-refractivity contribution in [2.75, 3.05) is 18.5 Å². The van der Waals surface area contributed by atoms with Crippen LogP contribution in [0.4, 0.5) is 32.0 Å². The maximum Gasteiger partial charge on any atom is 0.441 e. The van der Waals surface area contributed by atoms with Crippen molar-refractivity contribution in [2.45, 2.75) is 51.3 Å². The summed E-state index contributed by atoms with van der Waals surface area (Å²) in [6.45, 7) is 3.23. The SMILES string of the molecule is CCOC(=O)[C@](NC(C)=O)(Nc1ccc([C@](O)(C(=O)OCC)C(F)(F)F)cc1C)C(F)(F)F. The number of nitrogens with one attached hydrogen (secondary N) is 2. The van der Waals surface area contributed by atoms with E-state index in [1.165, 1.54) is 19.2 Å². The van der Waals surface area contributed by atoms with E-state index in [9.17, 15) is 45.8 Å². The largest absolute Gasteiger partial charge is 0.463 e. The molecule has 0 saturated heterocycles. The van der Waals surface area contributed by atoms with Gasteiger partial charge in [0, 0.05) is 18.2 Å². The quantitative estimate of drug-likeness (QED) is 0.293. The fourth-order valence-corrected chi connectivity index (χ4v) is 2.76. The lowest BCUT2D eigenvalue weighted by Crippen LogP contribution is -2.69. The third-order valence-corrected chi connectivity index (χ3v) is 4.32. The summed E-state index contributed by atoms with van der Waals surface area (Å²) in [5.74, 6) is -5.22. The van der Waals surface area contributed by atoms with E-state index in [1.807, 2.05) is 0 Å². The number of ether oxygens (including phenoxy) is 2. The summed E-state index contributed by atoms with van der Waals surface area (Å²) in [5.41, 5.74) is -9.81. The van der Waals surface area contributed by atoms with E-state index in [-0.39, 0.29) is 5.56 Å². The molecule has 0 aliphatic carbocycles. The fraction of sp³-hybridized carbons (Fsp3) is 0.526. The Morgan fingerprint density at radius 2 is 1.45 bits per heavy atom. The maximum absolute atomic E-state index is 13.9. The number of carbonyl (C=O) groups is 3. The molecule has 0 spiro atoms. The van der Waals surface area contributed by atoms with Crippen molar-refractivity contribution >= 4 is 23.5 Å². The number of hydrogen-bond donors (Lipinski definition) is 3. The second-order valence-corrected chi connectivity index (χ2v) is 6.73. The third kappa shape index (κ3) is 5.49. The molecule has 0 heterocycles. The molecule has 0 unspecified atom stereocenters. The van der Waals surface area contributed by atoms with Crippen molar-refractivity contribution in [3.8, 4) is 0 Å². The lowest BCUT2D eigenvalue weighted by Gasteiger charge is -2.35. The van der Waals surface area contributed by atoms with Gasteiger partial charge in [-0.2, -0.15) is 26.3 Å². The van der Waals surface area contributed by atoms with Crippen molar-refractivity contribution in [2.24, 2.45) is 0 Å². The van der Waals surface area contributed by atoms with Gasteiger partial charge in [-0.1, -0.05) is 12.1 Å². The summed E-state index contributed by atoms with van der Waals surface area (Å²) < 4.78 is 91.1. The van der Waals surface area contributed by atoms with Gasteiger partial charge in [-0.25, -0.2) is 9.59 Å². The predicted molar refractivity (Wildman–Crippen MR) is 101 cm³/mol. The molecule has 1 rings (SSSR count). The number of alkyl halides is 6. The zero-order chi connectivity index (χ0) is 25.8. The second-order valence-electron chi connectivity index (χ2n) is 6.73. The van der Waals surface area contributed by atoms with Gasteiger partial charge in [-0.15, -0.1) is 0 Å². The molecule has 186 valence electrons. The standard InChI is InChI=1S/C19H22F6N2O6/c1-5-32-14(29)16(31,18(20,21)22)12-7-8-13(10(3)9-12)27-17(19(23,24)25,26-11(4)28)15(30)33-6-2/h7-9,27,31H,5-6H2,1-4H3,(H,26,28)/t16-,17-/m0/s1. The van der Waals surface area contributed by atoms with Crippen LogP contribution in [0.1, 0.15) is 31.9 Å². The number of halogens is 6. The number of anilines is 1. The van der Waals surface area contributed by atoms with Gasteiger partial charge >= 0.3 is 30.0 Å². The number of amides is 1. The highest BCUT2D eigenvalue weighted by Crippen LogP contribution is 2.42. The lowest BCUT2D eigenvalue weighted by molar-refractivity contribution is -0.267. The van der Waals surface area contributed by atoms with E-state index in [0.717, 1.165) is 6.92 Å². The smallest absolute Gasteiger partial charge is 0.441 e. The van der Waals surface area contributed by atoms with Crippen LogP contribution in [0, 0.1) is 6.92 Å². The van der Waals surface area contributed by atoms with E-state index < -0.39 is 65.9 Å². The van der Waals surface area contributed by atoms with Crippen LogP contribution in [-0.4, -0.2) is 54.2 Å². The molecule has 2 atom stereocenters. The Labute approximate surface area is 184 Å². The minimum atomic E-state index is -5.53. The number of carbonyl (C=O) groups excluding carboxylic acids is 3. The van der Waals surface area contributed by atoms with Gasteiger partial charge in [0.25, 0.3) is 5.60 Å². The first kappa shape index (κ1) is 28.0. The highest BCUT2D eigenvalue weighted by molar-refractivity contribution is 5.91. The van der Waals surface area contributed by atoms with Crippen molar-refractivity contribution in [1.29, 1.82) is 0 Å². The van der Waals surface area contributed by atoms with E-state index in [4.69, 9.17) is 0 Å². The molecule has 0 aliphatic heterocycles. The number of rotatable bonds is 8. The topological polar surface area (TPSA) is 114 Å². The number of hydrogen-bond acceptors (Lipinski definition) is 7. The molecule has 0 aliphatic rings. The third-order valence-electron chi connectivity index (χ3n) is 4.32. The molecule has 0 aromatic heterocycles. The number of benzene rings is 1. The van der Waals surface area contributed by atoms with E-state index >= 15 is 0 Å². The van der Waals surface area contributed by atoms with Crippen molar-refractivity contribution in [3.05, 3.63) is 29.3 Å². The summed E-state index contributed by atoms with van der Waals surface area (Å²) >= 11 is 0. The second kappa shape index (κ2) is 9.85. The lowest BCUT2D eigenvalue weighted by atomic mass is 9.91. The normalized spacial score (nSPS) is 15.6.